The van der Waals surface area contributed by atoms with E-state index in [4.69, 9.17) is 10.00 Å². The SMILES string of the molecule is N#CCNCC(Cc1ccc(C#Cc2ccc(CN3CCOCC3)cc2)cc1)c1nc[nH]c(=O)c1O. The van der Waals surface area contributed by atoms with Crippen LogP contribution in [-0.4, -0.2) is 59.4 Å². The Morgan fingerprint density at radius 1 is 1.06 bits per heavy atom. The van der Waals surface area contributed by atoms with Crippen LogP contribution in [0.5, 0.6) is 5.75 Å². The van der Waals surface area contributed by atoms with E-state index >= 15 is 0 Å². The number of H-pyrrole nitrogens is 1. The zero-order chi connectivity index (χ0) is 25.2. The fourth-order valence-corrected chi connectivity index (χ4v) is 4.14. The molecule has 8 nitrogen and oxygen atoms in total. The lowest BCUT2D eigenvalue weighted by atomic mass is 9.94. The third-order valence-electron chi connectivity index (χ3n) is 6.09. The maximum absolute atomic E-state index is 11.8. The molecule has 4 rings (SSSR count). The van der Waals surface area contributed by atoms with Crippen molar-refractivity contribution in [3.05, 3.63) is 93.2 Å². The summed E-state index contributed by atoms with van der Waals surface area (Å²) >= 11 is 0. The number of nitrogens with one attached hydrogen (secondary N) is 2. The maximum atomic E-state index is 11.8. The van der Waals surface area contributed by atoms with Crippen molar-refractivity contribution in [2.75, 3.05) is 39.4 Å². The molecule has 0 radical (unpaired) electrons. The average molecular weight is 484 g/mol. The Kier molecular flexibility index (Phi) is 8.85. The molecule has 1 saturated heterocycles. The smallest absolute Gasteiger partial charge is 0.293 e. The molecule has 1 unspecified atom stereocenters. The Hall–Kier alpha value is -3.95. The van der Waals surface area contributed by atoms with Gasteiger partial charge in [-0.15, -0.1) is 0 Å². The minimum absolute atomic E-state index is 0.170. The van der Waals surface area contributed by atoms with E-state index in [0.717, 1.165) is 49.5 Å². The Morgan fingerprint density at radius 2 is 1.69 bits per heavy atom. The van der Waals surface area contributed by atoms with Gasteiger partial charge in [-0.2, -0.15) is 5.26 Å². The number of morpholine rings is 1. The molecule has 184 valence electrons. The van der Waals surface area contributed by atoms with Crippen LogP contribution in [0.3, 0.4) is 0 Å². The highest BCUT2D eigenvalue weighted by Crippen LogP contribution is 2.23. The third-order valence-corrected chi connectivity index (χ3v) is 6.09. The Morgan fingerprint density at radius 3 is 2.33 bits per heavy atom. The first-order valence-electron chi connectivity index (χ1n) is 12.0. The van der Waals surface area contributed by atoms with Gasteiger partial charge >= 0.3 is 0 Å². The van der Waals surface area contributed by atoms with Crippen molar-refractivity contribution in [1.82, 2.24) is 20.2 Å². The summed E-state index contributed by atoms with van der Waals surface area (Å²) in [5, 5.41) is 22.1. The van der Waals surface area contributed by atoms with Crippen LogP contribution in [0.2, 0.25) is 0 Å². The molecule has 0 amide bonds. The summed E-state index contributed by atoms with van der Waals surface area (Å²) in [6.45, 7) is 5.03. The molecular formula is C28H29N5O3. The zero-order valence-electron chi connectivity index (χ0n) is 20.0. The molecule has 1 fully saturated rings. The molecule has 0 spiro atoms. The second-order valence-corrected chi connectivity index (χ2v) is 8.69. The lowest BCUT2D eigenvalue weighted by molar-refractivity contribution is 0.0342. The Labute approximate surface area is 210 Å². The van der Waals surface area contributed by atoms with E-state index in [9.17, 15) is 9.90 Å². The summed E-state index contributed by atoms with van der Waals surface area (Å²) in [5.41, 5.74) is 3.87. The molecule has 1 aromatic heterocycles. The van der Waals surface area contributed by atoms with Crippen LogP contribution in [0.25, 0.3) is 0 Å². The van der Waals surface area contributed by atoms with Crippen LogP contribution in [0.4, 0.5) is 0 Å². The molecule has 1 aliphatic heterocycles. The van der Waals surface area contributed by atoms with Crippen LogP contribution < -0.4 is 10.9 Å². The van der Waals surface area contributed by atoms with E-state index in [0.29, 0.717) is 18.7 Å². The van der Waals surface area contributed by atoms with E-state index in [1.165, 1.54) is 11.9 Å². The van der Waals surface area contributed by atoms with E-state index in [-0.39, 0.29) is 18.2 Å². The molecule has 2 aromatic carbocycles. The second kappa shape index (κ2) is 12.7. The number of aromatic hydroxyl groups is 1. The van der Waals surface area contributed by atoms with Gasteiger partial charge < -0.3 is 20.1 Å². The number of rotatable bonds is 8. The van der Waals surface area contributed by atoms with Crippen LogP contribution in [-0.2, 0) is 17.7 Å². The number of nitriles is 1. The molecular weight excluding hydrogens is 454 g/mol. The third kappa shape index (κ3) is 7.03. The molecule has 1 atom stereocenters. The van der Waals surface area contributed by atoms with Gasteiger partial charge in [0.25, 0.3) is 5.56 Å². The van der Waals surface area contributed by atoms with Crippen molar-refractivity contribution in [1.29, 1.82) is 5.26 Å². The zero-order valence-corrected chi connectivity index (χ0v) is 20.0. The van der Waals surface area contributed by atoms with Gasteiger partial charge in [-0.25, -0.2) is 4.98 Å². The van der Waals surface area contributed by atoms with E-state index < -0.39 is 5.56 Å². The van der Waals surface area contributed by atoms with Gasteiger partial charge in [0.1, 0.15) is 0 Å². The number of nitrogens with zero attached hydrogens (tertiary/aromatic N) is 3. The largest absolute Gasteiger partial charge is 0.502 e. The van der Waals surface area contributed by atoms with Gasteiger partial charge in [0.05, 0.1) is 37.8 Å². The van der Waals surface area contributed by atoms with Crippen LogP contribution >= 0.6 is 0 Å². The average Bonchev–Trinajstić information content (AvgIpc) is 2.91. The molecule has 1 aliphatic rings. The monoisotopic (exact) mass is 483 g/mol. The topological polar surface area (TPSA) is 114 Å². The lowest BCUT2D eigenvalue weighted by Gasteiger charge is -2.26. The van der Waals surface area contributed by atoms with Crippen molar-refractivity contribution in [3.8, 4) is 23.7 Å². The summed E-state index contributed by atoms with van der Waals surface area (Å²) in [7, 11) is 0. The van der Waals surface area contributed by atoms with Crippen molar-refractivity contribution in [2.45, 2.75) is 18.9 Å². The predicted molar refractivity (Wildman–Crippen MR) is 136 cm³/mol. The first-order valence-corrected chi connectivity index (χ1v) is 12.0. The van der Waals surface area contributed by atoms with Crippen molar-refractivity contribution in [3.63, 3.8) is 0 Å². The number of ether oxygens (including phenoxy) is 1. The standard InChI is InChI=1S/C28H29N5O3/c29-11-12-30-18-25(26-27(34)28(35)32-20-31-26)17-23-7-3-21(4-8-23)1-2-22-5-9-24(10-6-22)19-33-13-15-36-16-14-33/h3-10,20,25,30,34H,12-19H2,(H,31,32,35). The summed E-state index contributed by atoms with van der Waals surface area (Å²) in [5.74, 6) is 5.77. The minimum Gasteiger partial charge on any atom is -0.502 e. The molecule has 2 heterocycles. The molecule has 0 aliphatic carbocycles. The maximum Gasteiger partial charge on any atom is 0.293 e. The molecule has 3 N–H and O–H groups in total. The summed E-state index contributed by atoms with van der Waals surface area (Å²) in [6, 6.07) is 18.3. The molecule has 8 heteroatoms. The lowest BCUT2D eigenvalue weighted by Crippen LogP contribution is -2.35. The van der Waals surface area contributed by atoms with Gasteiger partial charge in [-0.1, -0.05) is 36.1 Å². The van der Waals surface area contributed by atoms with E-state index in [1.54, 1.807) is 0 Å². The number of aromatic amines is 1. The van der Waals surface area contributed by atoms with E-state index in [1.807, 2.05) is 30.3 Å². The van der Waals surface area contributed by atoms with Gasteiger partial charge in [-0.3, -0.25) is 9.69 Å². The van der Waals surface area contributed by atoms with Crippen LogP contribution in [0.15, 0.2) is 59.7 Å². The molecule has 36 heavy (non-hydrogen) atoms. The number of aromatic nitrogens is 2. The van der Waals surface area contributed by atoms with Crippen molar-refractivity contribution in [2.24, 2.45) is 0 Å². The second-order valence-electron chi connectivity index (χ2n) is 8.69. The minimum atomic E-state index is -0.579. The Balaban J connectivity index is 1.40. The fraction of sp³-hybridized carbons (Fsp3) is 0.321. The quantitative estimate of drug-likeness (QED) is 0.256. The van der Waals surface area contributed by atoms with Gasteiger partial charge in [0.2, 0.25) is 5.75 Å². The highest BCUT2D eigenvalue weighted by molar-refractivity contribution is 5.44. The van der Waals surface area contributed by atoms with Crippen LogP contribution in [0.1, 0.15) is 33.9 Å². The Bertz CT molecular complexity index is 1290. The summed E-state index contributed by atoms with van der Waals surface area (Å²) in [6.07, 6.45) is 1.82. The highest BCUT2D eigenvalue weighted by Gasteiger charge is 2.19. The summed E-state index contributed by atoms with van der Waals surface area (Å²) < 4.78 is 5.41. The first kappa shape index (κ1) is 25.2. The normalized spacial score (nSPS) is 14.4. The van der Waals surface area contributed by atoms with Crippen molar-refractivity contribution < 1.29 is 9.84 Å². The van der Waals surface area contributed by atoms with Crippen LogP contribution in [0, 0.1) is 23.2 Å². The van der Waals surface area contributed by atoms with Gasteiger partial charge in [0.15, 0.2) is 0 Å². The van der Waals surface area contributed by atoms with Gasteiger partial charge in [-0.05, 0) is 41.8 Å². The number of hydrogen-bond acceptors (Lipinski definition) is 7. The molecule has 0 saturated carbocycles. The van der Waals surface area contributed by atoms with Gasteiger partial charge in [0, 0.05) is 43.2 Å². The first-order chi connectivity index (χ1) is 17.6. The number of hydrogen-bond donors (Lipinski definition) is 3. The number of benzene rings is 2. The predicted octanol–water partition coefficient (Wildman–Crippen LogP) is 2.15. The highest BCUT2D eigenvalue weighted by atomic mass is 16.5. The molecule has 3 aromatic rings. The fourth-order valence-electron chi connectivity index (χ4n) is 4.14. The molecule has 0 bridgehead atoms. The summed E-state index contributed by atoms with van der Waals surface area (Å²) in [4.78, 5) is 20.8. The van der Waals surface area contributed by atoms with E-state index in [2.05, 4.69) is 56.3 Å². The van der Waals surface area contributed by atoms with Crippen molar-refractivity contribution >= 4 is 0 Å².